The molecule has 22 heavy (non-hydrogen) atoms. The number of nitrogens with zero attached hydrogens (tertiary/aromatic N) is 3. The summed E-state index contributed by atoms with van der Waals surface area (Å²) < 4.78 is 5.26. The summed E-state index contributed by atoms with van der Waals surface area (Å²) in [7, 11) is 0. The van der Waals surface area contributed by atoms with Gasteiger partial charge in [0.15, 0.2) is 0 Å². The number of ether oxygens (including phenoxy) is 1. The maximum Gasteiger partial charge on any atom is 0.270 e. The number of carbonyl (C=O) groups excluding carboxylic acids is 2. The van der Waals surface area contributed by atoms with Crippen LogP contribution in [0.1, 0.15) is 18.4 Å². The molecule has 1 aromatic carbocycles. The molecule has 0 unspecified atom stereocenters. The maximum atomic E-state index is 12.5. The molecule has 0 aromatic heterocycles. The van der Waals surface area contributed by atoms with Crippen molar-refractivity contribution in [3.8, 4) is 0 Å². The molecule has 0 N–H and O–H groups in total. The van der Waals surface area contributed by atoms with Crippen LogP contribution in [0.5, 0.6) is 0 Å². The highest BCUT2D eigenvalue weighted by Gasteiger charge is 2.28. The van der Waals surface area contributed by atoms with Gasteiger partial charge in [0.05, 0.1) is 18.9 Å². The Balaban J connectivity index is 1.82. The molecule has 0 bridgehead atoms. The first kappa shape index (κ1) is 14.7. The standard InChI is InChI=1S/C16H19N3O3/c1-12-2-4-13(5-3-12)19-15(20)7-6-14(17-19)16(21)18-8-10-22-11-9-18/h2-5H,6-11H2,1H3. The molecule has 6 heteroatoms. The molecule has 0 spiro atoms. The Kier molecular flexibility index (Phi) is 4.20. The lowest BCUT2D eigenvalue weighted by Crippen LogP contribution is -2.46. The Morgan fingerprint density at radius 1 is 1.14 bits per heavy atom. The molecular formula is C16H19N3O3. The fourth-order valence-corrected chi connectivity index (χ4v) is 2.54. The molecule has 3 rings (SSSR count). The van der Waals surface area contributed by atoms with Gasteiger partial charge in [0, 0.05) is 25.9 Å². The van der Waals surface area contributed by atoms with Crippen LogP contribution in [-0.2, 0) is 14.3 Å². The summed E-state index contributed by atoms with van der Waals surface area (Å²) in [6, 6.07) is 7.55. The number of anilines is 1. The predicted molar refractivity (Wildman–Crippen MR) is 82.7 cm³/mol. The number of rotatable bonds is 2. The molecule has 2 aliphatic rings. The van der Waals surface area contributed by atoms with Gasteiger partial charge in [-0.1, -0.05) is 17.7 Å². The lowest BCUT2D eigenvalue weighted by atomic mass is 10.1. The van der Waals surface area contributed by atoms with E-state index in [4.69, 9.17) is 4.74 Å². The first-order valence-corrected chi connectivity index (χ1v) is 7.49. The Bertz CT molecular complexity index is 604. The second-order valence-electron chi connectivity index (χ2n) is 5.49. The lowest BCUT2D eigenvalue weighted by Gasteiger charge is -2.29. The van der Waals surface area contributed by atoms with Gasteiger partial charge in [0.25, 0.3) is 5.91 Å². The highest BCUT2D eigenvalue weighted by molar-refractivity contribution is 6.40. The van der Waals surface area contributed by atoms with Crippen molar-refractivity contribution in [2.45, 2.75) is 19.8 Å². The summed E-state index contributed by atoms with van der Waals surface area (Å²) >= 11 is 0. The van der Waals surface area contributed by atoms with Crippen LogP contribution in [0.15, 0.2) is 29.4 Å². The molecule has 1 aromatic rings. The van der Waals surface area contributed by atoms with Crippen molar-refractivity contribution in [3.05, 3.63) is 29.8 Å². The van der Waals surface area contributed by atoms with Gasteiger partial charge in [-0.3, -0.25) is 9.59 Å². The molecule has 0 saturated carbocycles. The third-order valence-electron chi connectivity index (χ3n) is 3.86. The number of benzene rings is 1. The third kappa shape index (κ3) is 3.01. The van der Waals surface area contributed by atoms with Gasteiger partial charge in [-0.2, -0.15) is 5.10 Å². The monoisotopic (exact) mass is 301 g/mol. The van der Waals surface area contributed by atoms with E-state index in [9.17, 15) is 9.59 Å². The zero-order valence-corrected chi connectivity index (χ0v) is 12.6. The summed E-state index contributed by atoms with van der Waals surface area (Å²) in [5.41, 5.74) is 2.26. The highest BCUT2D eigenvalue weighted by Crippen LogP contribution is 2.21. The third-order valence-corrected chi connectivity index (χ3v) is 3.86. The Morgan fingerprint density at radius 2 is 1.82 bits per heavy atom. The minimum Gasteiger partial charge on any atom is -0.378 e. The van der Waals surface area contributed by atoms with Crippen molar-refractivity contribution < 1.29 is 14.3 Å². The smallest absolute Gasteiger partial charge is 0.270 e. The molecule has 2 amide bonds. The molecule has 6 nitrogen and oxygen atoms in total. The van der Waals surface area contributed by atoms with Crippen LogP contribution in [0.4, 0.5) is 5.69 Å². The largest absolute Gasteiger partial charge is 0.378 e. The van der Waals surface area contributed by atoms with Crippen LogP contribution >= 0.6 is 0 Å². The van der Waals surface area contributed by atoms with Crippen molar-refractivity contribution in [1.82, 2.24) is 4.90 Å². The number of hydrogen-bond acceptors (Lipinski definition) is 4. The number of hydrazone groups is 1. The van der Waals surface area contributed by atoms with Gasteiger partial charge < -0.3 is 9.64 Å². The molecule has 2 aliphatic heterocycles. The SMILES string of the molecule is Cc1ccc(N2N=C(C(=O)N3CCOCC3)CCC2=O)cc1. The van der Waals surface area contributed by atoms with Crippen molar-refractivity contribution in [2.75, 3.05) is 31.3 Å². The molecule has 0 radical (unpaired) electrons. The Labute approximate surface area is 129 Å². The van der Waals surface area contributed by atoms with E-state index in [0.717, 1.165) is 5.56 Å². The summed E-state index contributed by atoms with van der Waals surface area (Å²) in [6.45, 7) is 4.25. The van der Waals surface area contributed by atoms with E-state index >= 15 is 0 Å². The van der Waals surface area contributed by atoms with Gasteiger partial charge in [-0.15, -0.1) is 0 Å². The summed E-state index contributed by atoms with van der Waals surface area (Å²) in [5, 5.41) is 5.65. The fraction of sp³-hybridized carbons (Fsp3) is 0.438. The van der Waals surface area contributed by atoms with Gasteiger partial charge in [0.2, 0.25) is 5.91 Å². The molecule has 1 fully saturated rings. The summed E-state index contributed by atoms with van der Waals surface area (Å²) in [6.07, 6.45) is 0.709. The van der Waals surface area contributed by atoms with Crippen LogP contribution < -0.4 is 5.01 Å². The van der Waals surface area contributed by atoms with Gasteiger partial charge in [0.1, 0.15) is 5.71 Å². The highest BCUT2D eigenvalue weighted by atomic mass is 16.5. The van der Waals surface area contributed by atoms with E-state index in [-0.39, 0.29) is 11.8 Å². The van der Waals surface area contributed by atoms with Crippen molar-refractivity contribution in [3.63, 3.8) is 0 Å². The van der Waals surface area contributed by atoms with E-state index in [0.29, 0.717) is 50.5 Å². The van der Waals surface area contributed by atoms with Crippen LogP contribution in [0.2, 0.25) is 0 Å². The molecule has 1 saturated heterocycles. The summed E-state index contributed by atoms with van der Waals surface area (Å²) in [4.78, 5) is 26.3. The van der Waals surface area contributed by atoms with Gasteiger partial charge >= 0.3 is 0 Å². The Hall–Kier alpha value is -2.21. The normalized spacial score (nSPS) is 19.1. The van der Waals surface area contributed by atoms with Crippen LogP contribution in [0.3, 0.4) is 0 Å². The predicted octanol–water partition coefficient (Wildman–Crippen LogP) is 1.34. The molecule has 0 aliphatic carbocycles. The van der Waals surface area contributed by atoms with Gasteiger partial charge in [-0.05, 0) is 19.1 Å². The van der Waals surface area contributed by atoms with Gasteiger partial charge in [-0.25, -0.2) is 5.01 Å². The van der Waals surface area contributed by atoms with Crippen LogP contribution in [0.25, 0.3) is 0 Å². The zero-order chi connectivity index (χ0) is 15.5. The fourth-order valence-electron chi connectivity index (χ4n) is 2.54. The first-order valence-electron chi connectivity index (χ1n) is 7.49. The van der Waals surface area contributed by atoms with Crippen molar-refractivity contribution >= 4 is 23.2 Å². The van der Waals surface area contributed by atoms with Crippen LogP contribution in [-0.4, -0.2) is 48.7 Å². The minimum atomic E-state index is -0.0899. The van der Waals surface area contributed by atoms with Crippen molar-refractivity contribution in [2.24, 2.45) is 5.10 Å². The number of hydrogen-bond donors (Lipinski definition) is 0. The molecule has 116 valence electrons. The van der Waals surface area contributed by atoms with E-state index in [1.165, 1.54) is 5.01 Å². The molecule has 0 atom stereocenters. The molecular weight excluding hydrogens is 282 g/mol. The first-order chi connectivity index (χ1) is 10.6. The zero-order valence-electron chi connectivity index (χ0n) is 12.6. The second kappa shape index (κ2) is 6.27. The number of amides is 2. The average Bonchev–Trinajstić information content (AvgIpc) is 2.56. The molecule has 2 heterocycles. The van der Waals surface area contributed by atoms with E-state index in [1.807, 2.05) is 31.2 Å². The van der Waals surface area contributed by atoms with E-state index < -0.39 is 0 Å². The number of aryl methyl sites for hydroxylation is 1. The van der Waals surface area contributed by atoms with E-state index in [2.05, 4.69) is 5.10 Å². The Morgan fingerprint density at radius 3 is 2.50 bits per heavy atom. The number of carbonyl (C=O) groups is 2. The number of morpholine rings is 1. The minimum absolute atomic E-state index is 0.0811. The van der Waals surface area contributed by atoms with E-state index in [1.54, 1.807) is 4.90 Å². The summed E-state index contributed by atoms with van der Waals surface area (Å²) in [5.74, 6) is -0.171. The topological polar surface area (TPSA) is 62.2 Å². The second-order valence-corrected chi connectivity index (χ2v) is 5.49. The maximum absolute atomic E-state index is 12.5. The quantitative estimate of drug-likeness (QED) is 0.828. The van der Waals surface area contributed by atoms with Crippen LogP contribution in [0, 0.1) is 6.92 Å². The van der Waals surface area contributed by atoms with Crippen molar-refractivity contribution in [1.29, 1.82) is 0 Å². The average molecular weight is 301 g/mol. The lowest BCUT2D eigenvalue weighted by molar-refractivity contribution is -0.128.